The van der Waals surface area contributed by atoms with Crippen LogP contribution >= 0.6 is 23.1 Å². The van der Waals surface area contributed by atoms with Crippen LogP contribution < -0.4 is 15.1 Å². The number of nitrogens with zero attached hydrogens (tertiary/aromatic N) is 5. The zero-order valence-corrected chi connectivity index (χ0v) is 21.4. The number of hydrazine groups is 1. The number of nitrogens with one attached hydrogen (secondary N) is 2. The minimum Gasteiger partial charge on any atom is -0.497 e. The first-order valence-corrected chi connectivity index (χ1v) is 13.8. The molecule has 1 saturated heterocycles. The minimum atomic E-state index is -4.59. The predicted octanol–water partition coefficient (Wildman–Crippen LogP) is 2.01. The Morgan fingerprint density at radius 2 is 2.03 bits per heavy atom. The van der Waals surface area contributed by atoms with Crippen molar-refractivity contribution in [1.29, 1.82) is 0 Å². The average Bonchev–Trinajstić information content (AvgIpc) is 3.59. The molecule has 15 heteroatoms. The third kappa shape index (κ3) is 4.41. The van der Waals surface area contributed by atoms with Gasteiger partial charge in [0.25, 0.3) is 15.6 Å². The lowest BCUT2D eigenvalue weighted by Gasteiger charge is -2.23. The fourth-order valence-electron chi connectivity index (χ4n) is 3.54. The number of carbonyl (C=O) groups is 1. The molecule has 1 atom stereocenters. The van der Waals surface area contributed by atoms with E-state index >= 15 is 0 Å². The van der Waals surface area contributed by atoms with Crippen molar-refractivity contribution in [2.75, 3.05) is 12.9 Å². The molecule has 0 radical (unpaired) electrons. The Morgan fingerprint density at radius 1 is 1.25 bits per heavy atom. The number of hydrogen-bond donors (Lipinski definition) is 2. The molecule has 4 heterocycles. The van der Waals surface area contributed by atoms with Gasteiger partial charge < -0.3 is 4.74 Å². The average molecular weight is 546 g/mol. The zero-order valence-electron chi connectivity index (χ0n) is 18.9. The van der Waals surface area contributed by atoms with Crippen LogP contribution in [0.3, 0.4) is 0 Å². The number of aryl methyl sites for hydroxylation is 1. The number of rotatable bonds is 7. The number of ether oxygens (including phenoxy) is 1. The van der Waals surface area contributed by atoms with E-state index in [2.05, 4.69) is 25.0 Å². The highest BCUT2D eigenvalue weighted by atomic mass is 32.2. The Balaban J connectivity index is 1.59. The van der Waals surface area contributed by atoms with Gasteiger partial charge in [-0.2, -0.15) is 10.1 Å². The van der Waals surface area contributed by atoms with Crippen LogP contribution in [0.4, 0.5) is 5.82 Å². The van der Waals surface area contributed by atoms with E-state index in [1.54, 1.807) is 31.4 Å². The van der Waals surface area contributed by atoms with Crippen molar-refractivity contribution in [3.8, 4) is 5.75 Å². The van der Waals surface area contributed by atoms with Crippen LogP contribution in [0.15, 0.2) is 56.5 Å². The number of amides is 1. The SMILES string of the molecule is COc1ccc(C=Nc2nc3[nH]nc(C)n3c(=O)c2S(=O)(=O)NN2C(=O)CSC2c2cccs2)cc1. The summed E-state index contributed by atoms with van der Waals surface area (Å²) in [6.07, 6.45) is 1.38. The van der Waals surface area contributed by atoms with E-state index < -0.39 is 31.8 Å². The van der Waals surface area contributed by atoms with E-state index in [9.17, 15) is 18.0 Å². The summed E-state index contributed by atoms with van der Waals surface area (Å²) < 4.78 is 33.3. The summed E-state index contributed by atoms with van der Waals surface area (Å²) in [5.74, 6) is 0.193. The Hall–Kier alpha value is -3.53. The number of methoxy groups -OCH3 is 1. The summed E-state index contributed by atoms with van der Waals surface area (Å²) in [5.41, 5.74) is -0.272. The molecule has 1 aromatic carbocycles. The lowest BCUT2D eigenvalue weighted by atomic mass is 10.2. The molecule has 0 saturated carbocycles. The van der Waals surface area contributed by atoms with Crippen LogP contribution in [0.25, 0.3) is 5.78 Å². The molecule has 5 rings (SSSR count). The maximum atomic E-state index is 13.6. The third-order valence-corrected chi connectivity index (χ3v) is 8.86. The van der Waals surface area contributed by atoms with Crippen molar-refractivity contribution in [1.82, 2.24) is 29.4 Å². The number of thioether (sulfide) groups is 1. The summed E-state index contributed by atoms with van der Waals surface area (Å²) >= 11 is 2.68. The molecule has 0 spiro atoms. The molecule has 1 aliphatic rings. The van der Waals surface area contributed by atoms with Gasteiger partial charge in [0, 0.05) is 11.1 Å². The lowest BCUT2D eigenvalue weighted by molar-refractivity contribution is -0.129. The highest BCUT2D eigenvalue weighted by molar-refractivity contribution is 8.00. The topological polar surface area (TPSA) is 151 Å². The smallest absolute Gasteiger partial charge is 0.283 e. The van der Waals surface area contributed by atoms with Gasteiger partial charge >= 0.3 is 0 Å². The summed E-state index contributed by atoms with van der Waals surface area (Å²) in [6.45, 7) is 1.53. The van der Waals surface area contributed by atoms with Crippen molar-refractivity contribution in [3.63, 3.8) is 0 Å². The number of aliphatic imine (C=N–C) groups is 1. The first-order valence-electron chi connectivity index (χ1n) is 10.4. The Bertz CT molecular complexity index is 1630. The Morgan fingerprint density at radius 3 is 2.72 bits per heavy atom. The van der Waals surface area contributed by atoms with Gasteiger partial charge in [-0.1, -0.05) is 6.07 Å². The molecule has 1 aliphatic heterocycles. The van der Waals surface area contributed by atoms with Gasteiger partial charge in [0.05, 0.1) is 12.9 Å². The predicted molar refractivity (Wildman–Crippen MR) is 135 cm³/mol. The number of thiophene rings is 1. The van der Waals surface area contributed by atoms with Gasteiger partial charge in [0.2, 0.25) is 11.7 Å². The minimum absolute atomic E-state index is 0.0302. The first kappa shape index (κ1) is 24.2. The molecule has 4 aromatic rings. The summed E-state index contributed by atoms with van der Waals surface area (Å²) in [5, 5.41) is 8.85. The Kier molecular flexibility index (Phi) is 6.38. The molecule has 2 N–H and O–H groups in total. The second-order valence-electron chi connectivity index (χ2n) is 7.57. The summed E-state index contributed by atoms with van der Waals surface area (Å²) in [7, 11) is -3.05. The summed E-state index contributed by atoms with van der Waals surface area (Å²) in [6, 6.07) is 10.5. The van der Waals surface area contributed by atoms with E-state index in [0.29, 0.717) is 11.3 Å². The molecule has 1 unspecified atom stereocenters. The van der Waals surface area contributed by atoms with E-state index in [1.807, 2.05) is 17.5 Å². The van der Waals surface area contributed by atoms with Gasteiger partial charge in [-0.3, -0.25) is 9.59 Å². The molecule has 186 valence electrons. The number of hydrogen-bond acceptors (Lipinski definition) is 10. The van der Waals surface area contributed by atoms with Gasteiger partial charge in [-0.25, -0.2) is 27.9 Å². The van der Waals surface area contributed by atoms with Gasteiger partial charge in [0.1, 0.15) is 16.9 Å². The zero-order chi connectivity index (χ0) is 25.4. The molecule has 0 aliphatic carbocycles. The maximum absolute atomic E-state index is 13.6. The van der Waals surface area contributed by atoms with Gasteiger partial charge in [-0.15, -0.1) is 27.9 Å². The van der Waals surface area contributed by atoms with Crippen molar-refractivity contribution in [2.45, 2.75) is 17.2 Å². The van der Waals surface area contributed by atoms with Crippen molar-refractivity contribution in [3.05, 3.63) is 68.4 Å². The van der Waals surface area contributed by atoms with E-state index in [0.717, 1.165) is 14.3 Å². The van der Waals surface area contributed by atoms with Crippen LogP contribution in [0.1, 0.15) is 21.6 Å². The molecule has 0 bridgehead atoms. The highest BCUT2D eigenvalue weighted by Crippen LogP contribution is 2.39. The molecule has 1 amide bonds. The number of aromatic amines is 1. The molecule has 36 heavy (non-hydrogen) atoms. The van der Waals surface area contributed by atoms with Crippen LogP contribution in [-0.4, -0.2) is 58.0 Å². The van der Waals surface area contributed by atoms with Crippen molar-refractivity contribution < 1.29 is 17.9 Å². The molecule has 1 fully saturated rings. The third-order valence-electron chi connectivity index (χ3n) is 5.26. The molecular formula is C21H19N7O5S3. The van der Waals surface area contributed by atoms with E-state index in [4.69, 9.17) is 4.74 Å². The van der Waals surface area contributed by atoms with Crippen LogP contribution in [-0.2, 0) is 14.8 Å². The number of H-pyrrole nitrogens is 1. The number of fused-ring (bicyclic) bond motifs is 1. The van der Waals surface area contributed by atoms with E-state index in [1.165, 1.54) is 36.2 Å². The molecule has 12 nitrogen and oxygen atoms in total. The quantitative estimate of drug-likeness (QED) is 0.335. The van der Waals surface area contributed by atoms with E-state index in [-0.39, 0.29) is 23.2 Å². The van der Waals surface area contributed by atoms with Crippen molar-refractivity contribution >= 4 is 56.8 Å². The lowest BCUT2D eigenvalue weighted by Crippen LogP contribution is -2.46. The maximum Gasteiger partial charge on any atom is 0.283 e. The normalized spacial score (nSPS) is 16.4. The monoisotopic (exact) mass is 545 g/mol. The van der Waals surface area contributed by atoms with Gasteiger partial charge in [-0.05, 0) is 48.2 Å². The second-order valence-corrected chi connectivity index (χ2v) is 11.2. The van der Waals surface area contributed by atoms with Crippen LogP contribution in [0.5, 0.6) is 5.75 Å². The number of carbonyl (C=O) groups excluding carboxylic acids is 1. The largest absolute Gasteiger partial charge is 0.497 e. The van der Waals surface area contributed by atoms with Crippen LogP contribution in [0.2, 0.25) is 0 Å². The number of aromatic nitrogens is 4. The molecular weight excluding hydrogens is 526 g/mol. The number of benzene rings is 1. The summed E-state index contributed by atoms with van der Waals surface area (Å²) in [4.78, 5) is 36.8. The fourth-order valence-corrected chi connectivity index (χ4v) is 6.89. The Labute approximate surface area is 213 Å². The fraction of sp³-hybridized carbons (Fsp3) is 0.190. The highest BCUT2D eigenvalue weighted by Gasteiger charge is 2.38. The van der Waals surface area contributed by atoms with Gasteiger partial charge in [0.15, 0.2) is 10.7 Å². The first-order chi connectivity index (χ1) is 17.3. The second kappa shape index (κ2) is 9.50. The standard InChI is InChI=1S/C21H19N7O5S3/c1-12-24-25-21-23-18(22-10-13-5-7-14(33-2)8-6-13)17(19(30)27(12)21)36(31,32)26-28-16(29)11-35-20(28)15-4-3-9-34-15/h3-10,20,26H,11H2,1-2H3,(H,23,25). The molecule has 3 aromatic heterocycles. The van der Waals surface area contributed by atoms with Crippen molar-refractivity contribution in [2.24, 2.45) is 4.99 Å². The van der Waals surface area contributed by atoms with Crippen LogP contribution in [0, 0.1) is 6.92 Å². The number of sulfonamides is 1.